The number of carbonyl (C=O) groups is 1. The highest BCUT2D eigenvalue weighted by Gasteiger charge is 2.23. The van der Waals surface area contributed by atoms with Crippen LogP contribution in [0.25, 0.3) is 0 Å². The van der Waals surface area contributed by atoms with E-state index in [1.165, 1.54) is 12.8 Å². The zero-order valence-electron chi connectivity index (χ0n) is 19.9. The SMILES string of the molecule is CCNC(=NCCc1nc(C(C)C)no1)N1CCN(CC(=O)N2CCCCCC2)CC1.I. The van der Waals surface area contributed by atoms with E-state index >= 15 is 0 Å². The molecule has 0 spiro atoms. The summed E-state index contributed by atoms with van der Waals surface area (Å²) in [4.78, 5) is 28.5. The van der Waals surface area contributed by atoms with Gasteiger partial charge in [0, 0.05) is 58.2 Å². The van der Waals surface area contributed by atoms with Crippen LogP contribution in [0, 0.1) is 0 Å². The van der Waals surface area contributed by atoms with Crippen molar-refractivity contribution in [1.29, 1.82) is 0 Å². The second-order valence-corrected chi connectivity index (χ2v) is 8.74. The first-order valence-corrected chi connectivity index (χ1v) is 11.9. The fourth-order valence-electron chi connectivity index (χ4n) is 4.02. The molecule has 32 heavy (non-hydrogen) atoms. The summed E-state index contributed by atoms with van der Waals surface area (Å²) in [6, 6.07) is 0. The molecule has 0 aromatic carbocycles. The second kappa shape index (κ2) is 14.0. The third-order valence-electron chi connectivity index (χ3n) is 5.91. The average Bonchev–Trinajstić information content (AvgIpc) is 3.07. The topological polar surface area (TPSA) is 90.1 Å². The van der Waals surface area contributed by atoms with Crippen LogP contribution in [0.1, 0.15) is 64.1 Å². The number of nitrogens with zero attached hydrogens (tertiary/aromatic N) is 6. The van der Waals surface area contributed by atoms with Crippen LogP contribution < -0.4 is 5.32 Å². The fourth-order valence-corrected chi connectivity index (χ4v) is 4.02. The van der Waals surface area contributed by atoms with E-state index in [1.54, 1.807) is 0 Å². The molecule has 2 saturated heterocycles. The molecule has 10 heteroatoms. The van der Waals surface area contributed by atoms with Crippen molar-refractivity contribution in [3.63, 3.8) is 0 Å². The van der Waals surface area contributed by atoms with Crippen LogP contribution in [0.4, 0.5) is 0 Å². The number of guanidine groups is 1. The molecule has 2 fully saturated rings. The molecule has 0 aliphatic carbocycles. The van der Waals surface area contributed by atoms with Gasteiger partial charge in [-0.3, -0.25) is 14.7 Å². The Morgan fingerprint density at radius 1 is 1.06 bits per heavy atom. The van der Waals surface area contributed by atoms with Crippen molar-refractivity contribution in [3.05, 3.63) is 11.7 Å². The summed E-state index contributed by atoms with van der Waals surface area (Å²) in [5.74, 6) is 2.86. The lowest BCUT2D eigenvalue weighted by Gasteiger charge is -2.37. The number of carbonyl (C=O) groups excluding carboxylic acids is 1. The molecule has 0 unspecified atom stereocenters. The largest absolute Gasteiger partial charge is 0.357 e. The van der Waals surface area contributed by atoms with Crippen molar-refractivity contribution >= 4 is 35.8 Å². The Morgan fingerprint density at radius 3 is 2.34 bits per heavy atom. The van der Waals surface area contributed by atoms with Gasteiger partial charge in [0.25, 0.3) is 0 Å². The number of nitrogens with one attached hydrogen (secondary N) is 1. The minimum atomic E-state index is 0. The van der Waals surface area contributed by atoms with Crippen molar-refractivity contribution in [1.82, 2.24) is 30.2 Å². The smallest absolute Gasteiger partial charge is 0.236 e. The normalized spacial score (nSPS) is 18.4. The summed E-state index contributed by atoms with van der Waals surface area (Å²) >= 11 is 0. The molecule has 3 rings (SSSR count). The van der Waals surface area contributed by atoms with Crippen molar-refractivity contribution in [2.24, 2.45) is 4.99 Å². The maximum Gasteiger partial charge on any atom is 0.236 e. The molecular weight excluding hydrogens is 521 g/mol. The number of likely N-dealkylation sites (tertiary alicyclic amines) is 1. The number of rotatable bonds is 7. The summed E-state index contributed by atoms with van der Waals surface area (Å²) in [6.45, 7) is 13.5. The molecule has 1 aromatic rings. The highest BCUT2D eigenvalue weighted by Crippen LogP contribution is 2.12. The summed E-state index contributed by atoms with van der Waals surface area (Å²) in [7, 11) is 0. The number of hydrogen-bond donors (Lipinski definition) is 1. The predicted molar refractivity (Wildman–Crippen MR) is 137 cm³/mol. The van der Waals surface area contributed by atoms with E-state index in [4.69, 9.17) is 9.52 Å². The van der Waals surface area contributed by atoms with E-state index in [0.717, 1.165) is 70.4 Å². The standard InChI is InChI=1S/C22H39N7O2.HI/c1-4-23-22(24-10-9-19-25-21(18(2)3)26-31-19)29-15-13-27(14-16-29)17-20(30)28-11-7-5-6-8-12-28;/h18H,4-17H2,1-3H3,(H,23,24);1H. The first kappa shape index (κ1) is 26.8. The van der Waals surface area contributed by atoms with E-state index in [9.17, 15) is 4.79 Å². The van der Waals surface area contributed by atoms with Crippen molar-refractivity contribution in [3.8, 4) is 0 Å². The van der Waals surface area contributed by atoms with Crippen LogP contribution in [0.5, 0.6) is 0 Å². The average molecular weight is 562 g/mol. The lowest BCUT2D eigenvalue weighted by molar-refractivity contribution is -0.132. The number of piperazine rings is 1. The summed E-state index contributed by atoms with van der Waals surface area (Å²) in [6.07, 6.45) is 5.43. The molecule has 1 aromatic heterocycles. The number of halogens is 1. The van der Waals surface area contributed by atoms with Crippen molar-refractivity contribution in [2.75, 3.05) is 58.9 Å². The van der Waals surface area contributed by atoms with Gasteiger partial charge in [-0.05, 0) is 19.8 Å². The van der Waals surface area contributed by atoms with Gasteiger partial charge in [-0.25, -0.2) is 0 Å². The van der Waals surface area contributed by atoms with Gasteiger partial charge in [0.15, 0.2) is 11.8 Å². The number of hydrogen-bond acceptors (Lipinski definition) is 6. The highest BCUT2D eigenvalue weighted by molar-refractivity contribution is 14.0. The van der Waals surface area contributed by atoms with E-state index in [2.05, 4.69) is 50.9 Å². The van der Waals surface area contributed by atoms with E-state index < -0.39 is 0 Å². The molecule has 0 bridgehead atoms. The Kier molecular flexibility index (Phi) is 11.7. The molecule has 0 saturated carbocycles. The Morgan fingerprint density at radius 2 is 1.75 bits per heavy atom. The van der Waals surface area contributed by atoms with Gasteiger partial charge < -0.3 is 19.6 Å². The minimum absolute atomic E-state index is 0. The molecule has 9 nitrogen and oxygen atoms in total. The molecule has 2 aliphatic heterocycles. The quantitative estimate of drug-likeness (QED) is 0.311. The monoisotopic (exact) mass is 561 g/mol. The maximum absolute atomic E-state index is 12.7. The Labute approximate surface area is 209 Å². The third kappa shape index (κ3) is 8.17. The maximum atomic E-state index is 12.7. The van der Waals surface area contributed by atoms with Crippen LogP contribution in [0.2, 0.25) is 0 Å². The molecule has 0 atom stereocenters. The molecule has 1 amide bonds. The predicted octanol–water partition coefficient (Wildman–Crippen LogP) is 2.34. The Balaban J connectivity index is 0.00000363. The van der Waals surface area contributed by atoms with E-state index in [-0.39, 0.29) is 35.8 Å². The molecule has 3 heterocycles. The molecule has 1 N–H and O–H groups in total. The van der Waals surface area contributed by atoms with Crippen LogP contribution in [0.15, 0.2) is 9.52 Å². The zero-order chi connectivity index (χ0) is 22.1. The van der Waals surface area contributed by atoms with Gasteiger partial charge in [0.2, 0.25) is 11.8 Å². The number of aliphatic imine (C=N–C) groups is 1. The van der Waals surface area contributed by atoms with Crippen LogP contribution >= 0.6 is 24.0 Å². The summed E-state index contributed by atoms with van der Waals surface area (Å²) in [5, 5.41) is 7.41. The minimum Gasteiger partial charge on any atom is -0.357 e. The van der Waals surface area contributed by atoms with Gasteiger partial charge in [0.05, 0.1) is 13.1 Å². The lowest BCUT2D eigenvalue weighted by atomic mass is 10.2. The van der Waals surface area contributed by atoms with E-state index in [0.29, 0.717) is 25.4 Å². The van der Waals surface area contributed by atoms with Gasteiger partial charge in [-0.15, -0.1) is 24.0 Å². The van der Waals surface area contributed by atoms with Crippen LogP contribution in [0.3, 0.4) is 0 Å². The Bertz CT molecular complexity index is 709. The van der Waals surface area contributed by atoms with Gasteiger partial charge >= 0.3 is 0 Å². The Hall–Kier alpha value is -1.43. The number of amides is 1. The molecule has 0 radical (unpaired) electrons. The summed E-state index contributed by atoms with van der Waals surface area (Å²) in [5.41, 5.74) is 0. The fraction of sp³-hybridized carbons (Fsp3) is 0.818. The second-order valence-electron chi connectivity index (χ2n) is 8.74. The van der Waals surface area contributed by atoms with Crippen molar-refractivity contribution < 1.29 is 9.32 Å². The van der Waals surface area contributed by atoms with Crippen LogP contribution in [-0.4, -0.2) is 95.6 Å². The number of aromatic nitrogens is 2. The van der Waals surface area contributed by atoms with Gasteiger partial charge in [-0.1, -0.05) is 31.8 Å². The molecule has 2 aliphatic rings. The molecule has 182 valence electrons. The van der Waals surface area contributed by atoms with Crippen molar-refractivity contribution in [2.45, 2.75) is 58.8 Å². The highest BCUT2D eigenvalue weighted by atomic mass is 127. The lowest BCUT2D eigenvalue weighted by Crippen LogP contribution is -2.54. The summed E-state index contributed by atoms with van der Waals surface area (Å²) < 4.78 is 5.32. The van der Waals surface area contributed by atoms with E-state index in [1.807, 2.05) is 0 Å². The molecular formula is C22H40IN7O2. The first-order chi connectivity index (χ1) is 15.1. The van der Waals surface area contributed by atoms with Gasteiger partial charge in [-0.2, -0.15) is 4.98 Å². The first-order valence-electron chi connectivity index (χ1n) is 11.9. The van der Waals surface area contributed by atoms with Crippen LogP contribution in [-0.2, 0) is 11.2 Å². The zero-order valence-corrected chi connectivity index (χ0v) is 22.2. The van der Waals surface area contributed by atoms with Gasteiger partial charge in [0.1, 0.15) is 0 Å². The third-order valence-corrected chi connectivity index (χ3v) is 5.91.